The van der Waals surface area contributed by atoms with Crippen molar-refractivity contribution in [3.63, 3.8) is 0 Å². The number of nitrogens with zero attached hydrogens (tertiary/aromatic N) is 2. The Morgan fingerprint density at radius 1 is 1.25 bits per heavy atom. The van der Waals surface area contributed by atoms with Gasteiger partial charge < -0.3 is 15.1 Å². The van der Waals surface area contributed by atoms with Gasteiger partial charge in [-0.15, -0.1) is 0 Å². The van der Waals surface area contributed by atoms with Crippen molar-refractivity contribution >= 4 is 11.8 Å². The molecular formula is C22H32FN3O2. The lowest BCUT2D eigenvalue weighted by atomic mass is 9.96. The van der Waals surface area contributed by atoms with Crippen molar-refractivity contribution in [3.8, 4) is 0 Å². The number of aryl methyl sites for hydroxylation is 1. The van der Waals surface area contributed by atoms with Crippen LogP contribution < -0.4 is 5.32 Å². The molecule has 0 bridgehead atoms. The van der Waals surface area contributed by atoms with Gasteiger partial charge in [-0.25, -0.2) is 4.39 Å². The van der Waals surface area contributed by atoms with Gasteiger partial charge in [0.1, 0.15) is 5.82 Å². The van der Waals surface area contributed by atoms with E-state index in [9.17, 15) is 14.0 Å². The fourth-order valence-electron chi connectivity index (χ4n) is 3.88. The molecule has 1 saturated carbocycles. The van der Waals surface area contributed by atoms with Crippen LogP contribution in [0.3, 0.4) is 0 Å². The van der Waals surface area contributed by atoms with Crippen LogP contribution in [0.4, 0.5) is 4.39 Å². The van der Waals surface area contributed by atoms with Crippen molar-refractivity contribution < 1.29 is 14.0 Å². The third-order valence-electron chi connectivity index (χ3n) is 6.18. The molecule has 0 unspecified atom stereocenters. The lowest BCUT2D eigenvalue weighted by Crippen LogP contribution is -2.43. The Kier molecular flexibility index (Phi) is 6.38. The van der Waals surface area contributed by atoms with Gasteiger partial charge in [0.25, 0.3) is 5.91 Å². The Hall–Kier alpha value is -1.95. The van der Waals surface area contributed by atoms with E-state index in [1.807, 2.05) is 11.9 Å². The normalized spacial score (nSPS) is 19.3. The second-order valence-corrected chi connectivity index (χ2v) is 8.80. The first-order valence-electron chi connectivity index (χ1n) is 10.3. The molecule has 3 rings (SSSR count). The number of benzene rings is 1. The molecule has 0 spiro atoms. The molecule has 154 valence electrons. The van der Waals surface area contributed by atoms with E-state index in [1.54, 1.807) is 13.0 Å². The first-order valence-corrected chi connectivity index (χ1v) is 10.3. The first kappa shape index (κ1) is 20.8. The Balaban J connectivity index is 1.36. The molecular weight excluding hydrogens is 357 g/mol. The molecule has 1 heterocycles. The zero-order valence-electron chi connectivity index (χ0n) is 17.3. The number of carbonyl (C=O) groups excluding carboxylic acids is 2. The van der Waals surface area contributed by atoms with E-state index in [2.05, 4.69) is 17.1 Å². The van der Waals surface area contributed by atoms with Gasteiger partial charge in [-0.3, -0.25) is 9.59 Å². The van der Waals surface area contributed by atoms with Gasteiger partial charge in [0.2, 0.25) is 5.91 Å². The van der Waals surface area contributed by atoms with Crippen molar-refractivity contribution in [3.05, 3.63) is 35.1 Å². The highest BCUT2D eigenvalue weighted by Crippen LogP contribution is 2.46. The lowest BCUT2D eigenvalue weighted by molar-refractivity contribution is -0.135. The number of rotatable bonds is 7. The van der Waals surface area contributed by atoms with Crippen molar-refractivity contribution in [2.45, 2.75) is 39.5 Å². The number of nitrogens with one attached hydrogen (secondary N) is 1. The molecule has 2 amide bonds. The summed E-state index contributed by atoms with van der Waals surface area (Å²) < 4.78 is 13.5. The lowest BCUT2D eigenvalue weighted by Gasteiger charge is -2.33. The molecule has 1 aliphatic heterocycles. The smallest absolute Gasteiger partial charge is 0.251 e. The van der Waals surface area contributed by atoms with Gasteiger partial charge in [-0.2, -0.15) is 0 Å². The summed E-state index contributed by atoms with van der Waals surface area (Å²) in [5.41, 5.74) is 1.03. The molecule has 28 heavy (non-hydrogen) atoms. The Morgan fingerprint density at radius 3 is 2.54 bits per heavy atom. The number of carbonyl (C=O) groups is 2. The summed E-state index contributed by atoms with van der Waals surface area (Å²) in [5.74, 6) is 0.133. The molecule has 1 saturated heterocycles. The molecule has 1 aromatic rings. The summed E-state index contributed by atoms with van der Waals surface area (Å²) in [6, 6.07) is 4.41. The summed E-state index contributed by atoms with van der Waals surface area (Å²) in [6.45, 7) is 8.10. The molecule has 2 aliphatic rings. The standard InChI is InChI=1S/C22H32FN3O2/c1-16-12-18(14-19(23)13-16)20(27)24-15-17-4-8-26(9-5-17)11-10-25(3)21(28)22(2)6-7-22/h12-14,17H,4-11,15H2,1-3H3,(H,24,27). The minimum atomic E-state index is -0.377. The number of likely N-dealkylation sites (tertiary alicyclic amines) is 1. The van der Waals surface area contributed by atoms with Crippen molar-refractivity contribution in [2.75, 3.05) is 39.8 Å². The number of piperidine rings is 1. The maximum atomic E-state index is 13.5. The Bertz CT molecular complexity index is 704. The van der Waals surface area contributed by atoms with Crippen molar-refractivity contribution in [1.82, 2.24) is 15.1 Å². The second kappa shape index (κ2) is 8.60. The third-order valence-corrected chi connectivity index (χ3v) is 6.18. The largest absolute Gasteiger partial charge is 0.352 e. The van der Waals surface area contributed by atoms with Crippen molar-refractivity contribution in [2.24, 2.45) is 11.3 Å². The van der Waals surface area contributed by atoms with Crippen LogP contribution in [-0.4, -0.2) is 61.4 Å². The highest BCUT2D eigenvalue weighted by Gasteiger charge is 2.46. The van der Waals surface area contributed by atoms with E-state index in [4.69, 9.17) is 0 Å². The topological polar surface area (TPSA) is 52.7 Å². The van der Waals surface area contributed by atoms with Crippen LogP contribution in [0.5, 0.6) is 0 Å². The van der Waals surface area contributed by atoms with Crippen LogP contribution in [0.2, 0.25) is 0 Å². The SMILES string of the molecule is Cc1cc(F)cc(C(=O)NCC2CCN(CCN(C)C(=O)C3(C)CC3)CC2)c1. The van der Waals surface area contributed by atoms with Gasteiger partial charge in [0, 0.05) is 37.7 Å². The summed E-state index contributed by atoms with van der Waals surface area (Å²) in [5, 5.41) is 2.95. The van der Waals surface area contributed by atoms with E-state index in [-0.39, 0.29) is 23.0 Å². The summed E-state index contributed by atoms with van der Waals surface area (Å²) >= 11 is 0. The first-order chi connectivity index (χ1) is 13.3. The molecule has 2 fully saturated rings. The van der Waals surface area contributed by atoms with E-state index >= 15 is 0 Å². The third kappa shape index (κ3) is 5.31. The van der Waals surface area contributed by atoms with Crippen LogP contribution in [0.15, 0.2) is 18.2 Å². The Labute approximate surface area is 167 Å². The van der Waals surface area contributed by atoms with Gasteiger partial charge in [-0.05, 0) is 75.4 Å². The van der Waals surface area contributed by atoms with Crippen LogP contribution in [0, 0.1) is 24.1 Å². The highest BCUT2D eigenvalue weighted by molar-refractivity contribution is 5.94. The molecule has 0 atom stereocenters. The predicted octanol–water partition coefficient (Wildman–Crippen LogP) is 2.83. The summed E-state index contributed by atoms with van der Waals surface area (Å²) in [4.78, 5) is 28.8. The van der Waals surface area contributed by atoms with Gasteiger partial charge in [0.05, 0.1) is 0 Å². The van der Waals surface area contributed by atoms with E-state index in [1.165, 1.54) is 12.1 Å². The maximum Gasteiger partial charge on any atom is 0.251 e. The maximum absolute atomic E-state index is 13.5. The van der Waals surface area contributed by atoms with Crippen LogP contribution in [0.1, 0.15) is 48.5 Å². The number of amides is 2. The highest BCUT2D eigenvalue weighted by atomic mass is 19.1. The fourth-order valence-corrected chi connectivity index (χ4v) is 3.88. The fraction of sp³-hybridized carbons (Fsp3) is 0.636. The zero-order valence-corrected chi connectivity index (χ0v) is 17.3. The van der Waals surface area contributed by atoms with E-state index in [0.717, 1.165) is 57.4 Å². The molecule has 1 aromatic carbocycles. The molecule has 6 heteroatoms. The monoisotopic (exact) mass is 389 g/mol. The summed E-state index contributed by atoms with van der Waals surface area (Å²) in [6.07, 6.45) is 4.08. The molecule has 0 aromatic heterocycles. The number of hydrogen-bond acceptors (Lipinski definition) is 3. The van der Waals surface area contributed by atoms with Crippen LogP contribution >= 0.6 is 0 Å². The molecule has 1 N–H and O–H groups in total. The van der Waals surface area contributed by atoms with Crippen LogP contribution in [-0.2, 0) is 4.79 Å². The molecule has 0 radical (unpaired) electrons. The summed E-state index contributed by atoms with van der Waals surface area (Å²) in [7, 11) is 1.91. The molecule has 1 aliphatic carbocycles. The average Bonchev–Trinajstić information content (AvgIpc) is 3.42. The van der Waals surface area contributed by atoms with Gasteiger partial charge >= 0.3 is 0 Å². The van der Waals surface area contributed by atoms with Crippen LogP contribution in [0.25, 0.3) is 0 Å². The number of halogens is 1. The number of hydrogen-bond donors (Lipinski definition) is 1. The zero-order chi connectivity index (χ0) is 20.3. The van der Waals surface area contributed by atoms with Crippen molar-refractivity contribution in [1.29, 1.82) is 0 Å². The minimum Gasteiger partial charge on any atom is -0.352 e. The Morgan fingerprint density at radius 2 is 1.93 bits per heavy atom. The van der Waals surface area contributed by atoms with E-state index < -0.39 is 0 Å². The average molecular weight is 390 g/mol. The van der Waals surface area contributed by atoms with Gasteiger partial charge in [0.15, 0.2) is 0 Å². The molecule has 5 nitrogen and oxygen atoms in total. The van der Waals surface area contributed by atoms with E-state index in [0.29, 0.717) is 18.0 Å². The minimum absolute atomic E-state index is 0.0971. The predicted molar refractivity (Wildman–Crippen MR) is 108 cm³/mol. The quantitative estimate of drug-likeness (QED) is 0.780. The second-order valence-electron chi connectivity index (χ2n) is 8.80. The number of likely N-dealkylation sites (N-methyl/N-ethyl adjacent to an activating group) is 1. The van der Waals surface area contributed by atoms with Gasteiger partial charge in [-0.1, -0.05) is 6.92 Å².